The van der Waals surface area contributed by atoms with Crippen molar-refractivity contribution >= 4 is 27.2 Å². The Hall–Kier alpha value is -2.18. The Bertz CT molecular complexity index is 844. The zero-order valence-corrected chi connectivity index (χ0v) is 14.4. The van der Waals surface area contributed by atoms with Gasteiger partial charge >= 0.3 is 0 Å². The van der Waals surface area contributed by atoms with E-state index >= 15 is 0 Å². The van der Waals surface area contributed by atoms with E-state index in [1.807, 2.05) is 48.7 Å². The van der Waals surface area contributed by atoms with Gasteiger partial charge in [0.05, 0.1) is 17.9 Å². The standard InChI is InChI=1S/C18H21N3O2S/c1-2-15(22)12-20(14-6-4-3-5-7-14)9-10-21-13-19-16-8-11-24-17(16)18(21)23/h3-8,11,13,15,22H,2,9-10,12H2,1H3. The van der Waals surface area contributed by atoms with E-state index < -0.39 is 0 Å². The first-order chi connectivity index (χ1) is 11.7. The van der Waals surface area contributed by atoms with Gasteiger partial charge in [0.2, 0.25) is 0 Å². The highest BCUT2D eigenvalue weighted by molar-refractivity contribution is 7.17. The monoisotopic (exact) mass is 343 g/mol. The third-order valence-electron chi connectivity index (χ3n) is 4.07. The van der Waals surface area contributed by atoms with Gasteiger partial charge in [-0.1, -0.05) is 25.1 Å². The van der Waals surface area contributed by atoms with Gasteiger partial charge in [-0.25, -0.2) is 4.98 Å². The van der Waals surface area contributed by atoms with Crippen LogP contribution in [-0.4, -0.2) is 33.9 Å². The van der Waals surface area contributed by atoms with Gasteiger partial charge in [-0.05, 0) is 30.0 Å². The Morgan fingerprint density at radius 2 is 2.08 bits per heavy atom. The van der Waals surface area contributed by atoms with Crippen molar-refractivity contribution in [1.29, 1.82) is 0 Å². The van der Waals surface area contributed by atoms with E-state index in [9.17, 15) is 9.90 Å². The van der Waals surface area contributed by atoms with Crippen LogP contribution < -0.4 is 10.5 Å². The Labute approximate surface area is 144 Å². The lowest BCUT2D eigenvalue weighted by atomic mass is 10.2. The predicted molar refractivity (Wildman–Crippen MR) is 98.8 cm³/mol. The molecule has 0 amide bonds. The summed E-state index contributed by atoms with van der Waals surface area (Å²) in [4.78, 5) is 18.9. The van der Waals surface area contributed by atoms with Crippen LogP contribution >= 0.6 is 11.3 Å². The molecule has 0 spiro atoms. The molecule has 0 saturated carbocycles. The van der Waals surface area contributed by atoms with Crippen molar-refractivity contribution in [3.63, 3.8) is 0 Å². The summed E-state index contributed by atoms with van der Waals surface area (Å²) >= 11 is 1.42. The van der Waals surface area contributed by atoms with Gasteiger partial charge in [-0.3, -0.25) is 9.36 Å². The minimum Gasteiger partial charge on any atom is -0.391 e. The van der Waals surface area contributed by atoms with E-state index in [1.54, 1.807) is 10.9 Å². The number of aromatic nitrogens is 2. The minimum atomic E-state index is -0.389. The van der Waals surface area contributed by atoms with Crippen LogP contribution in [0.25, 0.3) is 10.2 Å². The number of rotatable bonds is 7. The largest absolute Gasteiger partial charge is 0.391 e. The van der Waals surface area contributed by atoms with Crippen LogP contribution in [0.1, 0.15) is 13.3 Å². The van der Waals surface area contributed by atoms with Crippen molar-refractivity contribution < 1.29 is 5.11 Å². The Kier molecular flexibility index (Phi) is 5.27. The number of thiophene rings is 1. The van der Waals surface area contributed by atoms with Crippen LogP contribution in [0, 0.1) is 0 Å². The van der Waals surface area contributed by atoms with E-state index in [0.29, 0.717) is 30.8 Å². The van der Waals surface area contributed by atoms with Gasteiger partial charge in [0.25, 0.3) is 5.56 Å². The maximum atomic E-state index is 12.5. The number of fused-ring (bicyclic) bond motifs is 1. The van der Waals surface area contributed by atoms with Crippen LogP contribution in [0.4, 0.5) is 5.69 Å². The van der Waals surface area contributed by atoms with Gasteiger partial charge < -0.3 is 10.0 Å². The van der Waals surface area contributed by atoms with E-state index in [1.165, 1.54) is 11.3 Å². The second-order valence-corrected chi connectivity index (χ2v) is 6.64. The Balaban J connectivity index is 1.79. The van der Waals surface area contributed by atoms with Crippen molar-refractivity contribution in [3.05, 3.63) is 58.5 Å². The number of aliphatic hydroxyl groups excluding tert-OH is 1. The fraction of sp³-hybridized carbons (Fsp3) is 0.333. The molecule has 0 fully saturated rings. The minimum absolute atomic E-state index is 0.000878. The number of anilines is 1. The summed E-state index contributed by atoms with van der Waals surface area (Å²) in [5, 5.41) is 11.9. The molecule has 24 heavy (non-hydrogen) atoms. The number of nitrogens with zero attached hydrogens (tertiary/aromatic N) is 3. The lowest BCUT2D eigenvalue weighted by molar-refractivity contribution is 0.175. The van der Waals surface area contributed by atoms with Crippen LogP contribution in [0.5, 0.6) is 0 Å². The Morgan fingerprint density at radius 3 is 2.83 bits per heavy atom. The summed E-state index contributed by atoms with van der Waals surface area (Å²) in [6, 6.07) is 11.8. The van der Waals surface area contributed by atoms with Gasteiger partial charge in [-0.15, -0.1) is 11.3 Å². The second-order valence-electron chi connectivity index (χ2n) is 5.72. The molecule has 0 aliphatic carbocycles. The number of para-hydroxylation sites is 1. The molecular weight excluding hydrogens is 322 g/mol. The van der Waals surface area contributed by atoms with Crippen molar-refractivity contribution in [1.82, 2.24) is 9.55 Å². The van der Waals surface area contributed by atoms with Crippen LogP contribution in [-0.2, 0) is 6.54 Å². The van der Waals surface area contributed by atoms with Crippen molar-refractivity contribution in [2.45, 2.75) is 26.0 Å². The van der Waals surface area contributed by atoms with Crippen molar-refractivity contribution in [2.24, 2.45) is 0 Å². The molecule has 3 aromatic rings. The molecule has 1 unspecified atom stereocenters. The van der Waals surface area contributed by atoms with Crippen molar-refractivity contribution in [3.8, 4) is 0 Å². The lowest BCUT2D eigenvalue weighted by Gasteiger charge is -2.27. The molecular formula is C18H21N3O2S. The lowest BCUT2D eigenvalue weighted by Crippen LogP contribution is -2.36. The molecule has 1 atom stereocenters. The highest BCUT2D eigenvalue weighted by atomic mass is 32.1. The number of hydrogen-bond acceptors (Lipinski definition) is 5. The summed E-state index contributed by atoms with van der Waals surface area (Å²) in [6.45, 7) is 3.68. The fourth-order valence-electron chi connectivity index (χ4n) is 2.61. The topological polar surface area (TPSA) is 58.4 Å². The molecule has 0 radical (unpaired) electrons. The molecule has 1 aromatic carbocycles. The van der Waals surface area contributed by atoms with Crippen LogP contribution in [0.15, 0.2) is 52.9 Å². The first kappa shape index (κ1) is 16.7. The number of aliphatic hydroxyl groups is 1. The number of benzene rings is 1. The summed E-state index contributed by atoms with van der Waals surface area (Å²) in [7, 11) is 0. The average Bonchev–Trinajstić information content (AvgIpc) is 3.10. The normalized spacial score (nSPS) is 12.4. The molecule has 0 bridgehead atoms. The molecule has 1 N–H and O–H groups in total. The van der Waals surface area contributed by atoms with Crippen LogP contribution in [0.2, 0.25) is 0 Å². The third kappa shape index (κ3) is 3.66. The molecule has 3 rings (SSSR count). The molecule has 126 valence electrons. The summed E-state index contributed by atoms with van der Waals surface area (Å²) < 4.78 is 2.34. The third-order valence-corrected chi connectivity index (χ3v) is 4.96. The van der Waals surface area contributed by atoms with Crippen LogP contribution in [0.3, 0.4) is 0 Å². The summed E-state index contributed by atoms with van der Waals surface area (Å²) in [6.07, 6.45) is 1.92. The second kappa shape index (κ2) is 7.59. The molecule has 2 aromatic heterocycles. The van der Waals surface area contributed by atoms with Gasteiger partial charge in [0, 0.05) is 25.3 Å². The molecule has 0 aliphatic rings. The zero-order valence-electron chi connectivity index (χ0n) is 13.6. The van der Waals surface area contributed by atoms with E-state index in [0.717, 1.165) is 11.2 Å². The van der Waals surface area contributed by atoms with Gasteiger partial charge in [0.15, 0.2) is 0 Å². The van der Waals surface area contributed by atoms with E-state index in [4.69, 9.17) is 0 Å². The molecule has 0 saturated heterocycles. The van der Waals surface area contributed by atoms with E-state index in [2.05, 4.69) is 9.88 Å². The van der Waals surface area contributed by atoms with Gasteiger partial charge in [-0.2, -0.15) is 0 Å². The summed E-state index contributed by atoms with van der Waals surface area (Å²) in [5.74, 6) is 0. The predicted octanol–water partition coefficient (Wildman–Crippen LogP) is 2.74. The van der Waals surface area contributed by atoms with E-state index in [-0.39, 0.29) is 11.7 Å². The average molecular weight is 343 g/mol. The molecule has 5 nitrogen and oxygen atoms in total. The Morgan fingerprint density at radius 1 is 1.29 bits per heavy atom. The first-order valence-electron chi connectivity index (χ1n) is 8.09. The first-order valence-corrected chi connectivity index (χ1v) is 8.97. The highest BCUT2D eigenvalue weighted by Gasteiger charge is 2.12. The fourth-order valence-corrected chi connectivity index (χ4v) is 3.41. The van der Waals surface area contributed by atoms with Gasteiger partial charge in [0.1, 0.15) is 4.70 Å². The SMILES string of the molecule is CCC(O)CN(CCn1cnc2ccsc2c1=O)c1ccccc1. The highest BCUT2D eigenvalue weighted by Crippen LogP contribution is 2.15. The summed E-state index contributed by atoms with van der Waals surface area (Å²) in [5.41, 5.74) is 1.80. The molecule has 2 heterocycles. The maximum Gasteiger partial charge on any atom is 0.271 e. The smallest absolute Gasteiger partial charge is 0.271 e. The maximum absolute atomic E-state index is 12.5. The van der Waals surface area contributed by atoms with Crippen molar-refractivity contribution in [2.75, 3.05) is 18.0 Å². The zero-order chi connectivity index (χ0) is 16.9. The number of hydrogen-bond donors (Lipinski definition) is 1. The quantitative estimate of drug-likeness (QED) is 0.717. The molecule has 6 heteroatoms. The molecule has 0 aliphatic heterocycles.